The van der Waals surface area contributed by atoms with Gasteiger partial charge in [0.25, 0.3) is 5.91 Å². The number of carbonyl (C=O) groups is 1. The molecule has 0 radical (unpaired) electrons. The first kappa shape index (κ1) is 16.4. The van der Waals surface area contributed by atoms with E-state index in [0.717, 1.165) is 18.4 Å². The molecular formula is C20H19FN4O. The lowest BCUT2D eigenvalue weighted by atomic mass is 10.1. The molecule has 1 aromatic heterocycles. The second-order valence-corrected chi connectivity index (χ2v) is 6.54. The zero-order chi connectivity index (χ0) is 18.1. The summed E-state index contributed by atoms with van der Waals surface area (Å²) in [7, 11) is 0. The molecule has 0 aliphatic heterocycles. The van der Waals surface area contributed by atoms with Crippen molar-refractivity contribution in [2.75, 3.05) is 0 Å². The predicted octanol–water partition coefficient (Wildman–Crippen LogP) is 3.44. The van der Waals surface area contributed by atoms with Crippen LogP contribution in [-0.4, -0.2) is 20.9 Å². The third kappa shape index (κ3) is 2.98. The fraction of sp³-hybridized carbons (Fsp3) is 0.250. The molecule has 5 nitrogen and oxygen atoms in total. The molecule has 132 valence electrons. The van der Waals surface area contributed by atoms with Crippen LogP contribution in [0.5, 0.6) is 0 Å². The van der Waals surface area contributed by atoms with Crippen LogP contribution in [0.1, 0.15) is 52.6 Å². The first-order chi connectivity index (χ1) is 12.6. The lowest BCUT2D eigenvalue weighted by Gasteiger charge is -2.13. The zero-order valence-corrected chi connectivity index (χ0v) is 14.4. The van der Waals surface area contributed by atoms with Crippen LogP contribution in [0.15, 0.2) is 54.7 Å². The Labute approximate surface area is 150 Å². The SMILES string of the molecule is C[C@@H](c1ccccc1F)n1cc(C(=O)N[C@@H]2CCc3ccccc32)nn1. The fourth-order valence-electron chi connectivity index (χ4n) is 3.47. The summed E-state index contributed by atoms with van der Waals surface area (Å²) in [4.78, 5) is 12.5. The number of halogens is 1. The average molecular weight is 350 g/mol. The molecule has 1 aliphatic carbocycles. The summed E-state index contributed by atoms with van der Waals surface area (Å²) >= 11 is 0. The Morgan fingerprint density at radius 3 is 2.85 bits per heavy atom. The third-order valence-corrected chi connectivity index (χ3v) is 4.93. The molecule has 1 amide bonds. The average Bonchev–Trinajstić information content (AvgIpc) is 3.29. The van der Waals surface area contributed by atoms with Crippen molar-refractivity contribution in [2.24, 2.45) is 0 Å². The Kier molecular flexibility index (Phi) is 4.24. The molecule has 0 bridgehead atoms. The highest BCUT2D eigenvalue weighted by atomic mass is 19.1. The standard InChI is InChI=1S/C20H19FN4O/c1-13(15-7-4-5-9-17(15)21)25-12-19(23-24-25)20(26)22-18-11-10-14-6-2-3-8-16(14)18/h2-9,12-13,18H,10-11H2,1H3,(H,22,26)/t13-,18+/m0/s1. The Morgan fingerprint density at radius 2 is 2.00 bits per heavy atom. The molecule has 2 atom stereocenters. The molecule has 3 aromatic rings. The quantitative estimate of drug-likeness (QED) is 0.784. The van der Waals surface area contributed by atoms with Gasteiger partial charge < -0.3 is 5.32 Å². The molecule has 0 saturated carbocycles. The highest BCUT2D eigenvalue weighted by molar-refractivity contribution is 5.92. The van der Waals surface area contributed by atoms with Gasteiger partial charge in [0.2, 0.25) is 0 Å². The third-order valence-electron chi connectivity index (χ3n) is 4.93. The monoisotopic (exact) mass is 350 g/mol. The molecule has 26 heavy (non-hydrogen) atoms. The minimum atomic E-state index is -0.350. The van der Waals surface area contributed by atoms with Crippen LogP contribution in [0, 0.1) is 5.82 Å². The highest BCUT2D eigenvalue weighted by Gasteiger charge is 2.25. The van der Waals surface area contributed by atoms with E-state index < -0.39 is 0 Å². The number of benzene rings is 2. The molecule has 1 heterocycles. The van der Waals surface area contributed by atoms with Crippen LogP contribution in [-0.2, 0) is 6.42 Å². The maximum absolute atomic E-state index is 14.0. The van der Waals surface area contributed by atoms with Gasteiger partial charge in [0, 0.05) is 5.56 Å². The van der Waals surface area contributed by atoms with Gasteiger partial charge in [-0.05, 0) is 37.0 Å². The molecule has 4 rings (SSSR count). The fourth-order valence-corrected chi connectivity index (χ4v) is 3.47. The molecule has 2 aromatic carbocycles. The first-order valence-electron chi connectivity index (χ1n) is 8.68. The van der Waals surface area contributed by atoms with Crippen molar-refractivity contribution in [3.63, 3.8) is 0 Å². The van der Waals surface area contributed by atoms with Crippen molar-refractivity contribution in [2.45, 2.75) is 31.8 Å². The summed E-state index contributed by atoms with van der Waals surface area (Å²) in [5.74, 6) is -0.567. The number of carbonyl (C=O) groups excluding carboxylic acids is 1. The Hall–Kier alpha value is -3.02. The van der Waals surface area contributed by atoms with Gasteiger partial charge in [-0.3, -0.25) is 4.79 Å². The predicted molar refractivity (Wildman–Crippen MR) is 95.2 cm³/mol. The Balaban J connectivity index is 1.50. The highest BCUT2D eigenvalue weighted by Crippen LogP contribution is 2.30. The molecule has 0 unspecified atom stereocenters. The van der Waals surface area contributed by atoms with Gasteiger partial charge in [0.1, 0.15) is 5.82 Å². The van der Waals surface area contributed by atoms with Crippen LogP contribution in [0.25, 0.3) is 0 Å². The summed E-state index contributed by atoms with van der Waals surface area (Å²) in [5.41, 5.74) is 3.18. The summed E-state index contributed by atoms with van der Waals surface area (Å²) in [6.07, 6.45) is 3.40. The van der Waals surface area contributed by atoms with Gasteiger partial charge in [0.15, 0.2) is 5.69 Å². The van der Waals surface area contributed by atoms with Crippen LogP contribution in [0.4, 0.5) is 4.39 Å². The summed E-state index contributed by atoms with van der Waals surface area (Å²) in [6, 6.07) is 14.3. The molecule has 0 saturated heterocycles. The van der Waals surface area contributed by atoms with E-state index >= 15 is 0 Å². The van der Waals surface area contributed by atoms with Crippen LogP contribution in [0.3, 0.4) is 0 Å². The minimum absolute atomic E-state index is 0.00663. The van der Waals surface area contributed by atoms with E-state index in [1.54, 1.807) is 24.4 Å². The maximum Gasteiger partial charge on any atom is 0.273 e. The minimum Gasteiger partial charge on any atom is -0.344 e. The normalized spacial score (nSPS) is 16.9. The van der Waals surface area contributed by atoms with E-state index in [9.17, 15) is 9.18 Å². The molecular weight excluding hydrogens is 331 g/mol. The lowest BCUT2D eigenvalue weighted by Crippen LogP contribution is -2.27. The van der Waals surface area contributed by atoms with E-state index in [1.165, 1.54) is 16.3 Å². The van der Waals surface area contributed by atoms with Crippen LogP contribution in [0.2, 0.25) is 0 Å². The van der Waals surface area contributed by atoms with Crippen molar-refractivity contribution in [3.05, 3.63) is 82.9 Å². The molecule has 1 aliphatic rings. The van der Waals surface area contributed by atoms with Gasteiger partial charge in [0.05, 0.1) is 18.3 Å². The second-order valence-electron chi connectivity index (χ2n) is 6.54. The molecule has 1 N–H and O–H groups in total. The Bertz CT molecular complexity index is 952. The molecule has 0 fully saturated rings. The topological polar surface area (TPSA) is 59.8 Å². The van der Waals surface area contributed by atoms with E-state index in [0.29, 0.717) is 5.56 Å². The number of aryl methyl sites for hydroxylation is 1. The second kappa shape index (κ2) is 6.71. The zero-order valence-electron chi connectivity index (χ0n) is 14.4. The van der Waals surface area contributed by atoms with Crippen molar-refractivity contribution in [1.82, 2.24) is 20.3 Å². The molecule has 0 spiro atoms. The first-order valence-corrected chi connectivity index (χ1v) is 8.68. The number of rotatable bonds is 4. The number of fused-ring (bicyclic) bond motifs is 1. The van der Waals surface area contributed by atoms with Crippen molar-refractivity contribution < 1.29 is 9.18 Å². The smallest absolute Gasteiger partial charge is 0.273 e. The number of nitrogens with zero attached hydrogens (tertiary/aromatic N) is 3. The van der Waals surface area contributed by atoms with Crippen LogP contribution >= 0.6 is 0 Å². The number of hydrogen-bond donors (Lipinski definition) is 1. The van der Waals surface area contributed by atoms with E-state index in [4.69, 9.17) is 0 Å². The summed E-state index contributed by atoms with van der Waals surface area (Å²) in [6.45, 7) is 1.82. The van der Waals surface area contributed by atoms with Crippen molar-refractivity contribution in [1.29, 1.82) is 0 Å². The molecule has 6 heteroatoms. The van der Waals surface area contributed by atoms with Gasteiger partial charge in [-0.15, -0.1) is 5.10 Å². The van der Waals surface area contributed by atoms with Crippen LogP contribution < -0.4 is 5.32 Å². The van der Waals surface area contributed by atoms with Crippen molar-refractivity contribution in [3.8, 4) is 0 Å². The van der Waals surface area contributed by atoms with Gasteiger partial charge in [-0.2, -0.15) is 0 Å². The Morgan fingerprint density at radius 1 is 1.23 bits per heavy atom. The van der Waals surface area contributed by atoms with Gasteiger partial charge in [-0.1, -0.05) is 47.7 Å². The number of nitrogens with one attached hydrogen (secondary N) is 1. The lowest BCUT2D eigenvalue weighted by molar-refractivity contribution is 0.0931. The van der Waals surface area contributed by atoms with Crippen molar-refractivity contribution >= 4 is 5.91 Å². The van der Waals surface area contributed by atoms with Gasteiger partial charge in [-0.25, -0.2) is 9.07 Å². The number of hydrogen-bond acceptors (Lipinski definition) is 3. The maximum atomic E-state index is 14.0. The number of aromatic nitrogens is 3. The largest absolute Gasteiger partial charge is 0.344 e. The van der Waals surface area contributed by atoms with E-state index in [2.05, 4.69) is 21.7 Å². The number of amides is 1. The van der Waals surface area contributed by atoms with E-state index in [1.807, 2.05) is 25.1 Å². The summed E-state index contributed by atoms with van der Waals surface area (Å²) in [5, 5.41) is 11.0. The van der Waals surface area contributed by atoms with Gasteiger partial charge >= 0.3 is 0 Å². The van der Waals surface area contributed by atoms with E-state index in [-0.39, 0.29) is 29.5 Å². The summed E-state index contributed by atoms with van der Waals surface area (Å²) < 4.78 is 15.5.